The minimum atomic E-state index is -0.0543. The first kappa shape index (κ1) is 11.5. The number of methoxy groups -OCH3 is 1. The third kappa shape index (κ3) is 3.29. The van der Waals surface area contributed by atoms with Crippen LogP contribution in [0.1, 0.15) is 27.2 Å². The van der Waals surface area contributed by atoms with Crippen molar-refractivity contribution >= 4 is 5.97 Å². The molecule has 1 unspecified atom stereocenters. The fourth-order valence-corrected chi connectivity index (χ4v) is 2.01. The summed E-state index contributed by atoms with van der Waals surface area (Å²) in [5.41, 5.74) is 0.311. The fraction of sp³-hybridized carbons (Fsp3) is 0.909. The Morgan fingerprint density at radius 2 is 2.14 bits per heavy atom. The summed E-state index contributed by atoms with van der Waals surface area (Å²) in [6.45, 7) is 9.61. The zero-order chi connectivity index (χ0) is 10.8. The van der Waals surface area contributed by atoms with Gasteiger partial charge >= 0.3 is 5.97 Å². The highest BCUT2D eigenvalue weighted by molar-refractivity contribution is 5.72. The van der Waals surface area contributed by atoms with E-state index in [2.05, 4.69) is 25.7 Å². The maximum atomic E-state index is 11.3. The Bertz CT molecular complexity index is 208. The van der Waals surface area contributed by atoms with E-state index in [9.17, 15) is 4.79 Å². The number of carbonyl (C=O) groups excluding carboxylic acids is 1. The molecule has 82 valence electrons. The van der Waals surface area contributed by atoms with Crippen LogP contribution in [0.5, 0.6) is 0 Å². The van der Waals surface area contributed by atoms with Gasteiger partial charge in [-0.15, -0.1) is 0 Å². The molecule has 0 amide bonds. The predicted octanol–water partition coefficient (Wildman–Crippen LogP) is 1.53. The van der Waals surface area contributed by atoms with E-state index in [-0.39, 0.29) is 11.9 Å². The smallest absolute Gasteiger partial charge is 0.310 e. The van der Waals surface area contributed by atoms with Gasteiger partial charge in [-0.1, -0.05) is 20.8 Å². The highest BCUT2D eigenvalue weighted by Gasteiger charge is 2.30. The second-order valence-electron chi connectivity index (χ2n) is 5.30. The van der Waals surface area contributed by atoms with Gasteiger partial charge < -0.3 is 9.64 Å². The van der Waals surface area contributed by atoms with Gasteiger partial charge in [-0.3, -0.25) is 4.79 Å². The maximum absolute atomic E-state index is 11.3. The number of esters is 1. The average molecular weight is 199 g/mol. The molecule has 1 saturated heterocycles. The van der Waals surface area contributed by atoms with Crippen LogP contribution in [0.15, 0.2) is 0 Å². The highest BCUT2D eigenvalue weighted by atomic mass is 16.5. The molecule has 1 aliphatic heterocycles. The first-order chi connectivity index (χ1) is 6.42. The Labute approximate surface area is 86.4 Å². The van der Waals surface area contributed by atoms with Gasteiger partial charge in [-0.25, -0.2) is 0 Å². The van der Waals surface area contributed by atoms with E-state index in [0.29, 0.717) is 5.41 Å². The molecule has 1 aliphatic rings. The summed E-state index contributed by atoms with van der Waals surface area (Å²) in [7, 11) is 1.47. The summed E-state index contributed by atoms with van der Waals surface area (Å²) >= 11 is 0. The number of nitrogens with zero attached hydrogens (tertiary/aromatic N) is 1. The number of rotatable bonds is 2. The predicted molar refractivity (Wildman–Crippen MR) is 56.0 cm³/mol. The zero-order valence-electron chi connectivity index (χ0n) is 9.67. The first-order valence-electron chi connectivity index (χ1n) is 5.22. The summed E-state index contributed by atoms with van der Waals surface area (Å²) in [4.78, 5) is 13.6. The molecular formula is C11H21NO2. The van der Waals surface area contributed by atoms with Crippen LogP contribution in [0.2, 0.25) is 0 Å². The van der Waals surface area contributed by atoms with E-state index in [1.54, 1.807) is 0 Å². The van der Waals surface area contributed by atoms with Crippen LogP contribution in [-0.4, -0.2) is 37.6 Å². The first-order valence-corrected chi connectivity index (χ1v) is 5.22. The monoisotopic (exact) mass is 199 g/mol. The van der Waals surface area contributed by atoms with Crippen molar-refractivity contribution in [2.75, 3.05) is 26.7 Å². The van der Waals surface area contributed by atoms with Gasteiger partial charge in [0.05, 0.1) is 13.0 Å². The van der Waals surface area contributed by atoms with Crippen LogP contribution in [-0.2, 0) is 9.53 Å². The van der Waals surface area contributed by atoms with Crippen LogP contribution in [0.4, 0.5) is 0 Å². The topological polar surface area (TPSA) is 29.5 Å². The summed E-state index contributed by atoms with van der Waals surface area (Å²) in [5, 5.41) is 0. The number of hydrogen-bond acceptors (Lipinski definition) is 3. The van der Waals surface area contributed by atoms with Gasteiger partial charge in [0.25, 0.3) is 0 Å². The number of carbonyl (C=O) groups is 1. The highest BCUT2D eigenvalue weighted by Crippen LogP contribution is 2.22. The van der Waals surface area contributed by atoms with Crippen molar-refractivity contribution < 1.29 is 9.53 Å². The SMILES string of the molecule is COC(=O)C1CCN(CC(C)(C)C)C1. The van der Waals surface area contributed by atoms with Gasteiger partial charge in [0.1, 0.15) is 0 Å². The lowest BCUT2D eigenvalue weighted by Crippen LogP contribution is -2.31. The second-order valence-corrected chi connectivity index (χ2v) is 5.30. The molecule has 0 aliphatic carbocycles. The fourth-order valence-electron chi connectivity index (χ4n) is 2.01. The lowest BCUT2D eigenvalue weighted by molar-refractivity contribution is -0.144. The minimum absolute atomic E-state index is 0.0543. The number of ether oxygens (including phenoxy) is 1. The Morgan fingerprint density at radius 3 is 2.64 bits per heavy atom. The Kier molecular flexibility index (Phi) is 3.53. The Hall–Kier alpha value is -0.570. The molecule has 0 radical (unpaired) electrons. The Balaban J connectivity index is 2.38. The summed E-state index contributed by atoms with van der Waals surface area (Å²) in [5.74, 6) is 0.0451. The van der Waals surface area contributed by atoms with Crippen LogP contribution < -0.4 is 0 Å². The average Bonchev–Trinajstić information content (AvgIpc) is 2.48. The minimum Gasteiger partial charge on any atom is -0.469 e. The lowest BCUT2D eigenvalue weighted by Gasteiger charge is -2.25. The zero-order valence-corrected chi connectivity index (χ0v) is 9.67. The third-order valence-electron chi connectivity index (χ3n) is 2.50. The normalized spacial score (nSPS) is 23.9. The maximum Gasteiger partial charge on any atom is 0.310 e. The van der Waals surface area contributed by atoms with Crippen LogP contribution >= 0.6 is 0 Å². The van der Waals surface area contributed by atoms with Crippen molar-refractivity contribution in [3.8, 4) is 0 Å². The van der Waals surface area contributed by atoms with Gasteiger partial charge in [0.15, 0.2) is 0 Å². The Morgan fingerprint density at radius 1 is 1.50 bits per heavy atom. The van der Waals surface area contributed by atoms with Crippen molar-refractivity contribution in [2.45, 2.75) is 27.2 Å². The van der Waals surface area contributed by atoms with E-state index in [1.165, 1.54) is 7.11 Å². The molecule has 3 nitrogen and oxygen atoms in total. The summed E-state index contributed by atoms with van der Waals surface area (Å²) in [6, 6.07) is 0. The van der Waals surface area contributed by atoms with Crippen molar-refractivity contribution in [3.05, 3.63) is 0 Å². The van der Waals surface area contributed by atoms with E-state index in [4.69, 9.17) is 4.74 Å². The number of likely N-dealkylation sites (tertiary alicyclic amines) is 1. The molecule has 0 spiro atoms. The molecular weight excluding hydrogens is 178 g/mol. The largest absolute Gasteiger partial charge is 0.469 e. The summed E-state index contributed by atoms with van der Waals surface area (Å²) < 4.78 is 4.75. The molecule has 0 aromatic heterocycles. The third-order valence-corrected chi connectivity index (χ3v) is 2.50. The van der Waals surface area contributed by atoms with E-state index < -0.39 is 0 Å². The van der Waals surface area contributed by atoms with Crippen molar-refractivity contribution in [3.63, 3.8) is 0 Å². The molecule has 0 aromatic rings. The number of hydrogen-bond donors (Lipinski definition) is 0. The molecule has 1 rings (SSSR count). The van der Waals surface area contributed by atoms with Crippen molar-refractivity contribution in [2.24, 2.45) is 11.3 Å². The summed E-state index contributed by atoms with van der Waals surface area (Å²) in [6.07, 6.45) is 0.947. The van der Waals surface area contributed by atoms with E-state index in [0.717, 1.165) is 26.1 Å². The van der Waals surface area contributed by atoms with Crippen LogP contribution in [0.3, 0.4) is 0 Å². The molecule has 0 N–H and O–H groups in total. The van der Waals surface area contributed by atoms with Gasteiger partial charge in [-0.05, 0) is 18.4 Å². The molecule has 1 heterocycles. The van der Waals surface area contributed by atoms with Crippen molar-refractivity contribution in [1.82, 2.24) is 4.90 Å². The quantitative estimate of drug-likeness (QED) is 0.632. The molecule has 0 bridgehead atoms. The van der Waals surface area contributed by atoms with Crippen LogP contribution in [0, 0.1) is 11.3 Å². The molecule has 14 heavy (non-hydrogen) atoms. The van der Waals surface area contributed by atoms with Gasteiger partial charge in [0.2, 0.25) is 0 Å². The van der Waals surface area contributed by atoms with Gasteiger partial charge in [-0.2, -0.15) is 0 Å². The van der Waals surface area contributed by atoms with E-state index in [1.807, 2.05) is 0 Å². The molecule has 1 fully saturated rings. The second kappa shape index (κ2) is 4.30. The molecule has 3 heteroatoms. The van der Waals surface area contributed by atoms with Gasteiger partial charge in [0, 0.05) is 13.1 Å². The van der Waals surface area contributed by atoms with Crippen LogP contribution in [0.25, 0.3) is 0 Å². The molecule has 0 saturated carbocycles. The molecule has 0 aromatic carbocycles. The van der Waals surface area contributed by atoms with E-state index >= 15 is 0 Å². The standard InChI is InChI=1S/C11H21NO2/c1-11(2,3)8-12-6-5-9(7-12)10(13)14-4/h9H,5-8H2,1-4H3. The van der Waals surface area contributed by atoms with Crippen molar-refractivity contribution in [1.29, 1.82) is 0 Å². The lowest BCUT2D eigenvalue weighted by atomic mass is 9.96. The molecule has 1 atom stereocenters.